The fourth-order valence-corrected chi connectivity index (χ4v) is 4.18. The third-order valence-corrected chi connectivity index (χ3v) is 5.92. The Morgan fingerprint density at radius 2 is 1.94 bits per heavy atom. The van der Waals surface area contributed by atoms with E-state index in [1.807, 2.05) is 6.07 Å². The van der Waals surface area contributed by atoms with Crippen LogP contribution in [-0.4, -0.2) is 35.4 Å². The van der Waals surface area contributed by atoms with E-state index in [2.05, 4.69) is 9.97 Å². The van der Waals surface area contributed by atoms with Crippen molar-refractivity contribution in [1.29, 1.82) is 5.26 Å². The first-order chi connectivity index (χ1) is 14.9. The van der Waals surface area contributed by atoms with E-state index in [0.29, 0.717) is 32.0 Å². The first-order valence-corrected chi connectivity index (χ1v) is 10.7. The third-order valence-electron chi connectivity index (χ3n) is 4.22. The number of nitriles is 1. The number of H-pyrrole nitrogens is 1. The number of nitro groups is 1. The van der Waals surface area contributed by atoms with Crippen molar-refractivity contribution in [3.8, 4) is 28.8 Å². The van der Waals surface area contributed by atoms with E-state index >= 15 is 0 Å². The summed E-state index contributed by atoms with van der Waals surface area (Å²) in [7, 11) is 3.07. The quantitative estimate of drug-likeness (QED) is 0.241. The Morgan fingerprint density at radius 1 is 1.16 bits per heavy atom. The van der Waals surface area contributed by atoms with Gasteiger partial charge >= 0.3 is 0 Å². The summed E-state index contributed by atoms with van der Waals surface area (Å²) in [5.41, 5.74) is -0.657. The normalized spacial score (nSPS) is 10.4. The first kappa shape index (κ1) is 22.2. The summed E-state index contributed by atoms with van der Waals surface area (Å²) >= 11 is 2.44. The van der Waals surface area contributed by atoms with Crippen LogP contribution < -0.4 is 15.0 Å². The molecule has 0 radical (unpaired) electrons. The van der Waals surface area contributed by atoms with Gasteiger partial charge in [-0.15, -0.1) is 0 Å². The van der Waals surface area contributed by atoms with E-state index in [4.69, 9.17) is 9.47 Å². The molecule has 1 heterocycles. The lowest BCUT2D eigenvalue weighted by molar-refractivity contribution is -0.384. The minimum Gasteiger partial charge on any atom is -0.497 e. The van der Waals surface area contributed by atoms with Gasteiger partial charge in [0.25, 0.3) is 11.2 Å². The van der Waals surface area contributed by atoms with Gasteiger partial charge in [0, 0.05) is 22.6 Å². The molecule has 0 fully saturated rings. The molecule has 0 saturated carbocycles. The molecule has 11 heteroatoms. The molecule has 3 rings (SSSR count). The minimum atomic E-state index is -0.613. The monoisotopic (exact) mass is 456 g/mol. The molecule has 0 atom stereocenters. The molecule has 0 spiro atoms. The fraction of sp³-hybridized carbons (Fsp3) is 0.150. The van der Waals surface area contributed by atoms with Gasteiger partial charge in [-0.1, -0.05) is 23.5 Å². The summed E-state index contributed by atoms with van der Waals surface area (Å²) in [6, 6.07) is 11.3. The van der Waals surface area contributed by atoms with Gasteiger partial charge in [0.2, 0.25) is 0 Å². The zero-order valence-corrected chi connectivity index (χ0v) is 18.3. The van der Waals surface area contributed by atoms with Gasteiger partial charge in [0.15, 0.2) is 5.16 Å². The molecule has 1 N–H and O–H groups in total. The van der Waals surface area contributed by atoms with Gasteiger partial charge in [-0.25, -0.2) is 4.98 Å². The average Bonchev–Trinajstić information content (AvgIpc) is 2.78. The number of hydrogen-bond donors (Lipinski definition) is 1. The fourth-order valence-electron chi connectivity index (χ4n) is 2.74. The molecular weight excluding hydrogens is 440 g/mol. The number of ether oxygens (including phenoxy) is 2. The van der Waals surface area contributed by atoms with Crippen molar-refractivity contribution in [1.82, 2.24) is 9.97 Å². The second-order valence-corrected chi connectivity index (χ2v) is 7.85. The smallest absolute Gasteiger partial charge is 0.270 e. The topological polar surface area (TPSA) is 131 Å². The van der Waals surface area contributed by atoms with Crippen LogP contribution in [0.3, 0.4) is 0 Å². The van der Waals surface area contributed by atoms with Crippen LogP contribution in [0, 0.1) is 21.4 Å². The zero-order valence-electron chi connectivity index (χ0n) is 16.7. The van der Waals surface area contributed by atoms with Crippen molar-refractivity contribution in [2.24, 2.45) is 0 Å². The molecule has 9 nitrogen and oxygen atoms in total. The van der Waals surface area contributed by atoms with Crippen LogP contribution in [0.15, 0.2) is 56.1 Å². The Labute approximate surface area is 185 Å². The SMILES string of the molecule is COc1ccc(OC)c(Sc2ccc([N+](=O)[O-])cc2-c2nc(SC)[nH]c(=O)c2C#N)c1. The van der Waals surface area contributed by atoms with Gasteiger partial charge in [0.1, 0.15) is 23.1 Å². The molecule has 31 heavy (non-hydrogen) atoms. The third kappa shape index (κ3) is 4.65. The molecule has 0 bridgehead atoms. The predicted octanol–water partition coefficient (Wildman–Crippen LogP) is 4.11. The number of hydrogen-bond acceptors (Lipinski definition) is 9. The van der Waals surface area contributed by atoms with Gasteiger partial charge in [0.05, 0.1) is 29.7 Å². The maximum Gasteiger partial charge on any atom is 0.270 e. The van der Waals surface area contributed by atoms with E-state index in [1.165, 1.54) is 49.9 Å². The summed E-state index contributed by atoms with van der Waals surface area (Å²) in [4.78, 5) is 31.4. The largest absolute Gasteiger partial charge is 0.497 e. The van der Waals surface area contributed by atoms with E-state index in [9.17, 15) is 20.2 Å². The molecule has 0 unspecified atom stereocenters. The summed E-state index contributed by atoms with van der Waals surface area (Å²) in [6.45, 7) is 0. The number of nitrogens with one attached hydrogen (secondary N) is 1. The lowest BCUT2D eigenvalue weighted by atomic mass is 10.1. The summed E-state index contributed by atoms with van der Waals surface area (Å²) in [5.74, 6) is 1.17. The van der Waals surface area contributed by atoms with Crippen molar-refractivity contribution in [3.05, 3.63) is 62.4 Å². The van der Waals surface area contributed by atoms with Crippen LogP contribution in [0.1, 0.15) is 5.56 Å². The lowest BCUT2D eigenvalue weighted by Gasteiger charge is -2.13. The van der Waals surface area contributed by atoms with E-state index in [0.717, 1.165) is 0 Å². The van der Waals surface area contributed by atoms with Crippen LogP contribution in [0.5, 0.6) is 11.5 Å². The molecule has 0 aliphatic carbocycles. The molecule has 0 aliphatic heterocycles. The molecule has 158 valence electrons. The molecule has 0 aliphatic rings. The van der Waals surface area contributed by atoms with E-state index < -0.39 is 10.5 Å². The number of thioether (sulfide) groups is 1. The molecule has 2 aromatic carbocycles. The van der Waals surface area contributed by atoms with Gasteiger partial charge < -0.3 is 14.5 Å². The van der Waals surface area contributed by atoms with E-state index in [1.54, 1.807) is 30.5 Å². The summed E-state index contributed by atoms with van der Waals surface area (Å²) < 4.78 is 10.7. The van der Waals surface area contributed by atoms with Gasteiger partial charge in [-0.3, -0.25) is 14.9 Å². The van der Waals surface area contributed by atoms with Crippen molar-refractivity contribution in [3.63, 3.8) is 0 Å². The van der Waals surface area contributed by atoms with Crippen molar-refractivity contribution in [2.45, 2.75) is 14.9 Å². The Morgan fingerprint density at radius 3 is 2.55 bits per heavy atom. The highest BCUT2D eigenvalue weighted by Gasteiger charge is 2.21. The standard InChI is InChI=1S/C20H16N4O5S2/c1-28-12-5-6-15(29-2)17(9-12)31-16-7-4-11(24(26)27)8-13(16)18-14(10-21)19(25)23-20(22-18)30-3/h4-9H,1-3H3,(H,22,23,25). The zero-order chi connectivity index (χ0) is 22.5. The summed E-state index contributed by atoms with van der Waals surface area (Å²) in [6.07, 6.45) is 1.72. The van der Waals surface area contributed by atoms with Gasteiger partial charge in [-0.2, -0.15) is 5.26 Å². The molecular formula is C20H16N4O5S2. The molecule has 0 amide bonds. The number of nitro benzene ring substituents is 1. The van der Waals surface area contributed by atoms with E-state index in [-0.39, 0.29) is 16.9 Å². The average molecular weight is 457 g/mol. The lowest BCUT2D eigenvalue weighted by Crippen LogP contribution is -2.14. The van der Waals surface area contributed by atoms with Crippen LogP contribution in [0.25, 0.3) is 11.3 Å². The minimum absolute atomic E-state index is 0.0728. The maximum atomic E-state index is 12.4. The maximum absolute atomic E-state index is 12.4. The number of methoxy groups -OCH3 is 2. The predicted molar refractivity (Wildman–Crippen MR) is 117 cm³/mol. The van der Waals surface area contributed by atoms with Crippen LogP contribution in [-0.2, 0) is 0 Å². The van der Waals surface area contributed by atoms with Crippen molar-refractivity contribution < 1.29 is 14.4 Å². The Kier molecular flexibility index (Phi) is 6.84. The Hall–Kier alpha value is -3.49. The highest BCUT2D eigenvalue weighted by Crippen LogP contribution is 2.42. The van der Waals surface area contributed by atoms with Crippen LogP contribution in [0.4, 0.5) is 5.69 Å². The number of aromatic amines is 1. The number of benzene rings is 2. The van der Waals surface area contributed by atoms with Crippen LogP contribution in [0.2, 0.25) is 0 Å². The van der Waals surface area contributed by atoms with Crippen LogP contribution >= 0.6 is 23.5 Å². The molecule has 1 aromatic heterocycles. The highest BCUT2D eigenvalue weighted by molar-refractivity contribution is 7.99. The second-order valence-electron chi connectivity index (χ2n) is 5.97. The summed E-state index contributed by atoms with van der Waals surface area (Å²) in [5, 5.41) is 21.2. The first-order valence-electron chi connectivity index (χ1n) is 8.69. The second kappa shape index (κ2) is 9.55. The van der Waals surface area contributed by atoms with Crippen molar-refractivity contribution >= 4 is 29.2 Å². The molecule has 3 aromatic rings. The van der Waals surface area contributed by atoms with Crippen molar-refractivity contribution in [2.75, 3.05) is 20.5 Å². The number of non-ortho nitro benzene ring substituents is 1. The number of rotatable bonds is 7. The Bertz CT molecular complexity index is 1250. The number of aromatic nitrogens is 2. The highest BCUT2D eigenvalue weighted by atomic mass is 32.2. The number of nitrogens with zero attached hydrogens (tertiary/aromatic N) is 3. The molecule has 0 saturated heterocycles. The Balaban J connectivity index is 2.26. The van der Waals surface area contributed by atoms with Gasteiger partial charge in [-0.05, 0) is 30.5 Å².